The van der Waals surface area contributed by atoms with Crippen LogP contribution in [0.25, 0.3) is 0 Å². The SMILES string of the molecule is CC(C)OC(=O)C(C)(C)Oc1ccc(C(=O)c2ccc(Cl)cc2)cc1.CNC[C@H](O)[C@@H](O)[C@H](O)[C@H](O)CO. The number of benzene rings is 2. The zero-order chi connectivity index (χ0) is 29.0. The molecule has 2 aromatic carbocycles. The van der Waals surface area contributed by atoms with Crippen LogP contribution in [-0.4, -0.2) is 93.6 Å². The van der Waals surface area contributed by atoms with Crippen LogP contribution in [-0.2, 0) is 9.53 Å². The number of ether oxygens (including phenoxy) is 2. The lowest BCUT2D eigenvalue weighted by Gasteiger charge is -2.25. The predicted molar refractivity (Wildman–Crippen MR) is 142 cm³/mol. The molecule has 0 amide bonds. The Morgan fingerprint density at radius 3 is 1.82 bits per heavy atom. The van der Waals surface area contributed by atoms with E-state index in [-0.39, 0.29) is 18.4 Å². The average Bonchev–Trinajstić information content (AvgIpc) is 2.87. The Hall–Kier alpha value is -2.57. The lowest BCUT2D eigenvalue weighted by Crippen LogP contribution is -2.48. The highest BCUT2D eigenvalue weighted by atomic mass is 35.5. The van der Waals surface area contributed by atoms with Gasteiger partial charge in [0.05, 0.1) is 18.8 Å². The van der Waals surface area contributed by atoms with Crippen molar-refractivity contribution in [1.82, 2.24) is 5.32 Å². The molecule has 0 unspecified atom stereocenters. The largest absolute Gasteiger partial charge is 0.476 e. The monoisotopic (exact) mass is 555 g/mol. The van der Waals surface area contributed by atoms with Crippen molar-refractivity contribution in [2.24, 2.45) is 0 Å². The molecule has 212 valence electrons. The van der Waals surface area contributed by atoms with Crippen molar-refractivity contribution >= 4 is 23.4 Å². The highest BCUT2D eigenvalue weighted by Gasteiger charge is 2.32. The summed E-state index contributed by atoms with van der Waals surface area (Å²) in [5.74, 6) is -0.0659. The van der Waals surface area contributed by atoms with Crippen molar-refractivity contribution in [2.45, 2.75) is 63.8 Å². The fraction of sp³-hybridized carbons (Fsp3) is 0.481. The number of carbonyl (C=O) groups excluding carboxylic acids is 2. The van der Waals surface area contributed by atoms with E-state index in [4.69, 9.17) is 41.5 Å². The van der Waals surface area contributed by atoms with Gasteiger partial charge in [0.25, 0.3) is 0 Å². The van der Waals surface area contributed by atoms with E-state index in [1.54, 1.807) is 83.3 Å². The maximum atomic E-state index is 12.4. The molecule has 2 rings (SSSR count). The average molecular weight is 556 g/mol. The highest BCUT2D eigenvalue weighted by Crippen LogP contribution is 2.22. The number of halogens is 1. The van der Waals surface area contributed by atoms with Gasteiger partial charge in [-0.15, -0.1) is 0 Å². The molecule has 11 heteroatoms. The van der Waals surface area contributed by atoms with Crippen LogP contribution in [0.2, 0.25) is 5.02 Å². The summed E-state index contributed by atoms with van der Waals surface area (Å²) in [6.07, 6.45) is -5.86. The number of hydrogen-bond donors (Lipinski definition) is 6. The molecule has 0 bridgehead atoms. The van der Waals surface area contributed by atoms with Crippen LogP contribution >= 0.6 is 11.6 Å². The third kappa shape index (κ3) is 10.7. The lowest BCUT2D eigenvalue weighted by molar-refractivity contribution is -0.163. The fourth-order valence-electron chi connectivity index (χ4n) is 3.03. The van der Waals surface area contributed by atoms with Gasteiger partial charge in [-0.1, -0.05) is 11.6 Å². The summed E-state index contributed by atoms with van der Waals surface area (Å²) < 4.78 is 10.9. The second kappa shape index (κ2) is 15.7. The van der Waals surface area contributed by atoms with Crippen molar-refractivity contribution in [3.8, 4) is 5.75 Å². The van der Waals surface area contributed by atoms with E-state index in [0.29, 0.717) is 21.9 Å². The molecule has 0 aliphatic rings. The van der Waals surface area contributed by atoms with E-state index in [9.17, 15) is 14.7 Å². The van der Waals surface area contributed by atoms with Crippen LogP contribution in [0.5, 0.6) is 5.75 Å². The van der Waals surface area contributed by atoms with Crippen molar-refractivity contribution in [1.29, 1.82) is 0 Å². The van der Waals surface area contributed by atoms with Gasteiger partial charge in [0.1, 0.15) is 24.1 Å². The third-order valence-corrected chi connectivity index (χ3v) is 5.42. The van der Waals surface area contributed by atoms with Gasteiger partial charge in [-0.3, -0.25) is 4.79 Å². The fourth-order valence-corrected chi connectivity index (χ4v) is 3.15. The van der Waals surface area contributed by atoms with Gasteiger partial charge in [-0.25, -0.2) is 4.79 Å². The number of hydrogen-bond acceptors (Lipinski definition) is 10. The van der Waals surface area contributed by atoms with Gasteiger partial charge in [0.2, 0.25) is 0 Å². The topological polar surface area (TPSA) is 166 Å². The Bertz CT molecular complexity index is 997. The van der Waals surface area contributed by atoms with Crippen LogP contribution in [0.15, 0.2) is 48.5 Å². The number of rotatable bonds is 12. The summed E-state index contributed by atoms with van der Waals surface area (Å²) in [5.41, 5.74) is -0.0393. The Morgan fingerprint density at radius 1 is 0.895 bits per heavy atom. The summed E-state index contributed by atoms with van der Waals surface area (Å²) in [6.45, 7) is 6.28. The molecule has 2 aromatic rings. The Morgan fingerprint density at radius 2 is 1.37 bits per heavy atom. The summed E-state index contributed by atoms with van der Waals surface area (Å²) in [4.78, 5) is 24.5. The number of nitrogens with one attached hydrogen (secondary N) is 1. The number of likely N-dealkylation sites (N-methyl/N-ethyl adjacent to an activating group) is 1. The number of carbonyl (C=O) groups is 2. The molecule has 0 saturated carbocycles. The van der Waals surface area contributed by atoms with Gasteiger partial charge < -0.3 is 40.3 Å². The number of aliphatic hydroxyl groups excluding tert-OH is 5. The van der Waals surface area contributed by atoms with Gasteiger partial charge in [0, 0.05) is 22.7 Å². The molecular formula is C27H38ClNO9. The van der Waals surface area contributed by atoms with Crippen LogP contribution < -0.4 is 10.1 Å². The first kappa shape index (κ1) is 33.5. The summed E-state index contributed by atoms with van der Waals surface area (Å²) in [7, 11) is 1.57. The van der Waals surface area contributed by atoms with E-state index < -0.39 is 42.6 Å². The van der Waals surface area contributed by atoms with Gasteiger partial charge >= 0.3 is 5.97 Å². The molecule has 0 aromatic heterocycles. The third-order valence-electron chi connectivity index (χ3n) is 5.17. The van der Waals surface area contributed by atoms with Crippen molar-refractivity contribution in [3.63, 3.8) is 0 Å². The minimum absolute atomic E-state index is 0.0936. The maximum absolute atomic E-state index is 12.4. The Labute approximate surface area is 227 Å². The van der Waals surface area contributed by atoms with Crippen molar-refractivity contribution in [2.75, 3.05) is 20.2 Å². The van der Waals surface area contributed by atoms with Crippen molar-refractivity contribution < 1.29 is 44.6 Å². The molecule has 0 fully saturated rings. The zero-order valence-corrected chi connectivity index (χ0v) is 22.9. The molecule has 0 radical (unpaired) electrons. The van der Waals surface area contributed by atoms with E-state index >= 15 is 0 Å². The minimum atomic E-state index is -1.55. The summed E-state index contributed by atoms with van der Waals surface area (Å²) >= 11 is 5.84. The normalized spacial score (nSPS) is 14.5. The standard InChI is InChI=1S/C20H21ClO4.C7H17NO5/c1-13(2)24-19(23)20(3,4)25-17-11-7-15(8-12-17)18(22)14-5-9-16(21)10-6-14;1-8-2-4(10)6(12)7(13)5(11)3-9/h5-13H,1-4H3;4-13H,2-3H2,1H3/t;4-,5+,6+,7+/m.0/s1. The first-order valence-corrected chi connectivity index (χ1v) is 12.4. The molecule has 4 atom stereocenters. The Kier molecular flexibility index (Phi) is 13.9. The van der Waals surface area contributed by atoms with E-state index in [2.05, 4.69) is 5.32 Å². The molecule has 10 nitrogen and oxygen atoms in total. The Balaban J connectivity index is 0.000000471. The quantitative estimate of drug-likeness (QED) is 0.166. The van der Waals surface area contributed by atoms with Crippen LogP contribution in [0, 0.1) is 0 Å². The van der Waals surface area contributed by atoms with Crippen LogP contribution in [0.1, 0.15) is 43.6 Å². The number of aliphatic hydroxyl groups is 5. The van der Waals surface area contributed by atoms with E-state index in [1.807, 2.05) is 0 Å². The minimum Gasteiger partial charge on any atom is -0.476 e. The first-order chi connectivity index (χ1) is 17.7. The molecule has 38 heavy (non-hydrogen) atoms. The van der Waals surface area contributed by atoms with Crippen LogP contribution in [0.4, 0.5) is 0 Å². The molecule has 0 heterocycles. The summed E-state index contributed by atoms with van der Waals surface area (Å²) in [6, 6.07) is 13.4. The molecule has 0 aliphatic carbocycles. The number of esters is 1. The highest BCUT2D eigenvalue weighted by molar-refractivity contribution is 6.30. The van der Waals surface area contributed by atoms with Gasteiger partial charge in [-0.2, -0.15) is 0 Å². The lowest BCUT2D eigenvalue weighted by atomic mass is 10.0. The number of ketones is 1. The van der Waals surface area contributed by atoms with Crippen molar-refractivity contribution in [3.05, 3.63) is 64.7 Å². The second-order valence-electron chi connectivity index (χ2n) is 9.28. The molecule has 0 saturated heterocycles. The molecule has 0 spiro atoms. The van der Waals surface area contributed by atoms with Gasteiger partial charge in [-0.05, 0) is 83.3 Å². The van der Waals surface area contributed by atoms with Crippen LogP contribution in [0.3, 0.4) is 0 Å². The smallest absolute Gasteiger partial charge is 0.350 e. The predicted octanol–water partition coefficient (Wildman–Crippen LogP) is 1.32. The molecule has 6 N–H and O–H groups in total. The summed E-state index contributed by atoms with van der Waals surface area (Å²) in [5, 5.41) is 48.1. The van der Waals surface area contributed by atoms with E-state index in [0.717, 1.165) is 0 Å². The molecular weight excluding hydrogens is 518 g/mol. The maximum Gasteiger partial charge on any atom is 0.350 e. The van der Waals surface area contributed by atoms with Gasteiger partial charge in [0.15, 0.2) is 11.4 Å². The first-order valence-electron chi connectivity index (χ1n) is 12.0. The zero-order valence-electron chi connectivity index (χ0n) is 22.2. The molecule has 0 aliphatic heterocycles. The van der Waals surface area contributed by atoms with E-state index in [1.165, 1.54) is 0 Å². The second-order valence-corrected chi connectivity index (χ2v) is 9.72.